The number of nitrogens with one attached hydrogen (secondary N) is 1. The van der Waals surface area contributed by atoms with Gasteiger partial charge in [-0.25, -0.2) is 14.4 Å². The lowest BCUT2D eigenvalue weighted by atomic mass is 9.98. The maximum atomic E-state index is 13.3. The van der Waals surface area contributed by atoms with E-state index in [0.717, 1.165) is 36.2 Å². The lowest BCUT2D eigenvalue weighted by Gasteiger charge is -2.34. The van der Waals surface area contributed by atoms with E-state index in [1.807, 2.05) is 24.2 Å². The number of amides is 1. The fourth-order valence-corrected chi connectivity index (χ4v) is 4.19. The molecule has 7 nitrogen and oxygen atoms in total. The van der Waals surface area contributed by atoms with E-state index in [0.29, 0.717) is 12.4 Å². The molecule has 1 N–H and O–H groups in total. The van der Waals surface area contributed by atoms with Gasteiger partial charge in [0.15, 0.2) is 0 Å². The predicted molar refractivity (Wildman–Crippen MR) is 97.8 cm³/mol. The summed E-state index contributed by atoms with van der Waals surface area (Å²) in [5.41, 5.74) is 2.83. The maximum absolute atomic E-state index is 13.3. The van der Waals surface area contributed by atoms with Crippen molar-refractivity contribution in [3.05, 3.63) is 36.4 Å². The van der Waals surface area contributed by atoms with Gasteiger partial charge < -0.3 is 10.2 Å². The summed E-state index contributed by atoms with van der Waals surface area (Å²) in [6, 6.07) is 2.11. The fraction of sp³-hybridized carbons (Fsp3) is 0.474. The van der Waals surface area contributed by atoms with Crippen LogP contribution in [-0.4, -0.2) is 48.8 Å². The Morgan fingerprint density at radius 3 is 2.93 bits per heavy atom. The van der Waals surface area contributed by atoms with Crippen molar-refractivity contribution in [1.29, 1.82) is 0 Å². The van der Waals surface area contributed by atoms with Crippen LogP contribution in [0.5, 0.6) is 0 Å². The predicted octanol–water partition coefficient (Wildman–Crippen LogP) is 2.46. The summed E-state index contributed by atoms with van der Waals surface area (Å²) < 4.78 is 15.0. The van der Waals surface area contributed by atoms with E-state index in [9.17, 15) is 9.18 Å². The second-order valence-electron chi connectivity index (χ2n) is 7.59. The Kier molecular flexibility index (Phi) is 3.73. The zero-order chi connectivity index (χ0) is 18.5. The van der Waals surface area contributed by atoms with Crippen LogP contribution < -0.4 is 5.32 Å². The molecular weight excluding hydrogens is 347 g/mol. The van der Waals surface area contributed by atoms with Crippen molar-refractivity contribution in [3.63, 3.8) is 0 Å². The summed E-state index contributed by atoms with van der Waals surface area (Å²) >= 11 is 0. The Balaban J connectivity index is 1.36. The molecule has 1 amide bonds. The van der Waals surface area contributed by atoms with Crippen LogP contribution in [0.3, 0.4) is 0 Å². The molecule has 1 saturated heterocycles. The lowest BCUT2D eigenvalue weighted by Crippen LogP contribution is -2.44. The first-order valence-electron chi connectivity index (χ1n) is 9.34. The monoisotopic (exact) mass is 368 g/mol. The standard InChI is InChI=1S/C19H21FN6O/c1-25-10-12(9-22-25)23-19-21-5-4-17(24-19)11-6-13-2-3-14(7-11)26(13)18(27)15-8-16(15)20/h4-6,9-10,13-16H,2-3,7-8H2,1H3,(H,21,23,24)/t13-,14+,15-,16-/m0/s1. The van der Waals surface area contributed by atoms with Gasteiger partial charge in [0.25, 0.3) is 0 Å². The number of rotatable bonds is 4. The van der Waals surface area contributed by atoms with E-state index in [2.05, 4.69) is 26.5 Å². The van der Waals surface area contributed by atoms with Crippen LogP contribution in [-0.2, 0) is 11.8 Å². The first kappa shape index (κ1) is 16.4. The summed E-state index contributed by atoms with van der Waals surface area (Å²) in [6.07, 6.45) is 9.56. The third kappa shape index (κ3) is 2.98. The highest BCUT2D eigenvalue weighted by atomic mass is 19.1. The zero-order valence-electron chi connectivity index (χ0n) is 15.0. The van der Waals surface area contributed by atoms with Crippen molar-refractivity contribution in [3.8, 4) is 0 Å². The molecule has 2 aliphatic heterocycles. The zero-order valence-corrected chi connectivity index (χ0v) is 15.0. The van der Waals surface area contributed by atoms with Crippen molar-refractivity contribution in [2.45, 2.75) is 43.9 Å². The number of nitrogens with zero attached hydrogens (tertiary/aromatic N) is 5. The molecule has 0 unspecified atom stereocenters. The van der Waals surface area contributed by atoms with Crippen molar-refractivity contribution in [2.75, 3.05) is 5.32 Å². The average Bonchev–Trinajstić information content (AvgIpc) is 3.16. The topological polar surface area (TPSA) is 75.9 Å². The minimum absolute atomic E-state index is 0.00748. The molecule has 8 heteroatoms. The van der Waals surface area contributed by atoms with Gasteiger partial charge in [-0.1, -0.05) is 6.08 Å². The number of carbonyl (C=O) groups is 1. The largest absolute Gasteiger partial charge is 0.333 e. The smallest absolute Gasteiger partial charge is 0.229 e. The van der Waals surface area contributed by atoms with Crippen LogP contribution >= 0.6 is 0 Å². The number of carbonyl (C=O) groups excluding carboxylic acids is 1. The number of aromatic nitrogens is 4. The molecule has 4 atom stereocenters. The van der Waals surface area contributed by atoms with Gasteiger partial charge in [0.1, 0.15) is 6.17 Å². The van der Waals surface area contributed by atoms with Gasteiger partial charge in [0.2, 0.25) is 11.9 Å². The molecule has 140 valence electrons. The van der Waals surface area contributed by atoms with Gasteiger partial charge in [-0.3, -0.25) is 9.48 Å². The van der Waals surface area contributed by atoms with E-state index in [4.69, 9.17) is 0 Å². The van der Waals surface area contributed by atoms with Crippen molar-refractivity contribution in [2.24, 2.45) is 13.0 Å². The van der Waals surface area contributed by atoms with Gasteiger partial charge >= 0.3 is 0 Å². The van der Waals surface area contributed by atoms with Crippen LogP contribution in [0.4, 0.5) is 16.0 Å². The number of aryl methyl sites for hydroxylation is 1. The molecule has 3 aliphatic rings. The number of hydrogen-bond donors (Lipinski definition) is 1. The number of halogens is 1. The van der Waals surface area contributed by atoms with E-state index in [1.54, 1.807) is 17.1 Å². The summed E-state index contributed by atoms with van der Waals surface area (Å²) in [5, 5.41) is 7.28. The van der Waals surface area contributed by atoms with Crippen LogP contribution in [0.1, 0.15) is 31.4 Å². The molecule has 1 aliphatic carbocycles. The van der Waals surface area contributed by atoms with Gasteiger partial charge in [-0.2, -0.15) is 5.10 Å². The number of hydrogen-bond acceptors (Lipinski definition) is 5. The van der Waals surface area contributed by atoms with Gasteiger partial charge in [-0.15, -0.1) is 0 Å². The first-order chi connectivity index (χ1) is 13.1. The minimum Gasteiger partial charge on any atom is -0.333 e. The van der Waals surface area contributed by atoms with E-state index in [1.165, 1.54) is 0 Å². The molecular formula is C19H21FN6O. The molecule has 27 heavy (non-hydrogen) atoms. The van der Waals surface area contributed by atoms with Gasteiger partial charge in [0.05, 0.1) is 29.5 Å². The Morgan fingerprint density at radius 1 is 1.37 bits per heavy atom. The first-order valence-corrected chi connectivity index (χ1v) is 9.34. The fourth-order valence-electron chi connectivity index (χ4n) is 4.19. The van der Waals surface area contributed by atoms with Crippen LogP contribution in [0.25, 0.3) is 5.57 Å². The van der Waals surface area contributed by atoms with E-state index < -0.39 is 12.1 Å². The number of anilines is 2. The number of fused-ring (bicyclic) bond motifs is 2. The normalized spacial score (nSPS) is 28.8. The minimum atomic E-state index is -0.940. The van der Waals surface area contributed by atoms with Crippen molar-refractivity contribution >= 4 is 23.1 Å². The molecule has 4 heterocycles. The quantitative estimate of drug-likeness (QED) is 0.897. The van der Waals surface area contributed by atoms with Crippen molar-refractivity contribution in [1.82, 2.24) is 24.6 Å². The van der Waals surface area contributed by atoms with Crippen LogP contribution in [0, 0.1) is 5.92 Å². The molecule has 2 bridgehead atoms. The summed E-state index contributed by atoms with van der Waals surface area (Å²) in [7, 11) is 1.85. The van der Waals surface area contributed by atoms with Gasteiger partial charge in [-0.05, 0) is 37.3 Å². The summed E-state index contributed by atoms with van der Waals surface area (Å²) in [6.45, 7) is 0. The highest BCUT2D eigenvalue weighted by Gasteiger charge is 2.50. The highest BCUT2D eigenvalue weighted by Crippen LogP contribution is 2.43. The summed E-state index contributed by atoms with van der Waals surface area (Å²) in [5.74, 6) is 0.106. The average molecular weight is 368 g/mol. The second kappa shape index (κ2) is 6.14. The molecule has 1 saturated carbocycles. The molecule has 0 aromatic carbocycles. The Bertz CT molecular complexity index is 924. The maximum Gasteiger partial charge on any atom is 0.229 e. The third-order valence-corrected chi connectivity index (χ3v) is 5.63. The molecule has 0 radical (unpaired) electrons. The third-order valence-electron chi connectivity index (χ3n) is 5.63. The summed E-state index contributed by atoms with van der Waals surface area (Å²) in [4.78, 5) is 23.4. The van der Waals surface area contributed by atoms with E-state index in [-0.39, 0.29) is 18.0 Å². The second-order valence-corrected chi connectivity index (χ2v) is 7.59. The van der Waals surface area contributed by atoms with Crippen LogP contribution in [0.15, 0.2) is 30.7 Å². The Morgan fingerprint density at radius 2 is 2.22 bits per heavy atom. The highest BCUT2D eigenvalue weighted by molar-refractivity contribution is 5.84. The lowest BCUT2D eigenvalue weighted by molar-refractivity contribution is -0.135. The molecule has 5 rings (SSSR count). The Labute approximate surface area is 156 Å². The van der Waals surface area contributed by atoms with Crippen molar-refractivity contribution < 1.29 is 9.18 Å². The Hall–Kier alpha value is -2.77. The SMILES string of the molecule is Cn1cc(Nc2nccc(C3=C[C@@H]4CC[C@H](C3)N4C(=O)[C@H]3C[C@@H]3F)n2)cn1. The van der Waals surface area contributed by atoms with Crippen LogP contribution in [0.2, 0.25) is 0 Å². The number of alkyl halides is 1. The van der Waals surface area contributed by atoms with E-state index >= 15 is 0 Å². The molecule has 2 aromatic heterocycles. The molecule has 2 fully saturated rings. The molecule has 0 spiro atoms. The van der Waals surface area contributed by atoms with Gasteiger partial charge in [0, 0.05) is 25.5 Å². The molecule has 2 aromatic rings.